The Labute approximate surface area is 200 Å². The molecule has 0 radical (unpaired) electrons. The van der Waals surface area contributed by atoms with Crippen LogP contribution >= 0.6 is 0 Å². The molecule has 1 heterocycles. The number of aromatic nitrogens is 1. The number of hydrogen-bond acceptors (Lipinski definition) is 3. The summed E-state index contributed by atoms with van der Waals surface area (Å²) in [6.07, 6.45) is 2.19. The standard InChI is InChI=1S/C27H34N4O3/c1-16(2)26(33)29-23(13-20-14-28-22-10-8-7-9-21(20)22)27(34)31(6)15-24(32)30-25-18(4)11-17(3)12-19(25)5/h7-12,14,16,23,28H,13,15H2,1-6H3,(H,29,33)(H,30,32). The van der Waals surface area contributed by atoms with E-state index in [2.05, 4.69) is 15.6 Å². The SMILES string of the molecule is Cc1cc(C)c(NC(=O)CN(C)C(=O)C(Cc2c[nH]c3ccccc23)NC(=O)C(C)C)c(C)c1. The lowest BCUT2D eigenvalue weighted by Crippen LogP contribution is -2.51. The van der Waals surface area contributed by atoms with E-state index < -0.39 is 6.04 Å². The number of likely N-dealkylation sites (N-methyl/N-ethyl adjacent to an activating group) is 1. The van der Waals surface area contributed by atoms with Crippen LogP contribution < -0.4 is 10.6 Å². The molecule has 1 aromatic heterocycles. The zero-order valence-electron chi connectivity index (χ0n) is 20.8. The average Bonchev–Trinajstić information content (AvgIpc) is 3.18. The van der Waals surface area contributed by atoms with Gasteiger partial charge in [0.05, 0.1) is 6.54 Å². The van der Waals surface area contributed by atoms with Gasteiger partial charge in [-0.05, 0) is 43.5 Å². The molecule has 0 saturated carbocycles. The number of benzene rings is 2. The summed E-state index contributed by atoms with van der Waals surface area (Å²) in [6.45, 7) is 9.36. The molecule has 3 rings (SSSR count). The second-order valence-corrected chi connectivity index (χ2v) is 9.30. The van der Waals surface area contributed by atoms with Gasteiger partial charge < -0.3 is 20.5 Å². The van der Waals surface area contributed by atoms with Crippen LogP contribution in [0.5, 0.6) is 0 Å². The minimum absolute atomic E-state index is 0.118. The zero-order valence-corrected chi connectivity index (χ0v) is 20.8. The summed E-state index contributed by atoms with van der Waals surface area (Å²) in [7, 11) is 1.58. The molecule has 7 nitrogen and oxygen atoms in total. The number of carbonyl (C=O) groups excluding carboxylic acids is 3. The van der Waals surface area contributed by atoms with E-state index in [1.54, 1.807) is 20.9 Å². The molecule has 0 bridgehead atoms. The molecule has 180 valence electrons. The smallest absolute Gasteiger partial charge is 0.245 e. The van der Waals surface area contributed by atoms with Crippen LogP contribution in [0.3, 0.4) is 0 Å². The quantitative estimate of drug-likeness (QED) is 0.474. The molecular weight excluding hydrogens is 428 g/mol. The van der Waals surface area contributed by atoms with Crippen LogP contribution in [0.4, 0.5) is 5.69 Å². The third-order valence-corrected chi connectivity index (χ3v) is 5.94. The largest absolute Gasteiger partial charge is 0.361 e. The minimum atomic E-state index is -0.783. The van der Waals surface area contributed by atoms with E-state index >= 15 is 0 Å². The number of fused-ring (bicyclic) bond motifs is 1. The van der Waals surface area contributed by atoms with Crippen molar-refractivity contribution in [3.05, 3.63) is 64.8 Å². The molecule has 0 spiro atoms. The van der Waals surface area contributed by atoms with Crippen LogP contribution in [0.1, 0.15) is 36.1 Å². The molecule has 0 aliphatic heterocycles. The monoisotopic (exact) mass is 462 g/mol. The highest BCUT2D eigenvalue weighted by molar-refractivity contribution is 5.97. The molecule has 3 aromatic rings. The molecule has 0 aliphatic carbocycles. The Morgan fingerprint density at radius 3 is 2.32 bits per heavy atom. The van der Waals surface area contributed by atoms with E-state index in [4.69, 9.17) is 0 Å². The van der Waals surface area contributed by atoms with E-state index in [-0.39, 0.29) is 30.2 Å². The zero-order chi connectivity index (χ0) is 25.0. The number of aromatic amines is 1. The summed E-state index contributed by atoms with van der Waals surface area (Å²) < 4.78 is 0. The number of H-pyrrole nitrogens is 1. The first-order valence-electron chi connectivity index (χ1n) is 11.5. The summed E-state index contributed by atoms with van der Waals surface area (Å²) in [5, 5.41) is 6.81. The van der Waals surface area contributed by atoms with E-state index in [0.717, 1.165) is 38.8 Å². The van der Waals surface area contributed by atoms with Crippen molar-refractivity contribution in [3.8, 4) is 0 Å². The number of anilines is 1. The summed E-state index contributed by atoms with van der Waals surface area (Å²) in [4.78, 5) is 43.2. The van der Waals surface area contributed by atoms with Crippen LogP contribution in [-0.4, -0.2) is 47.2 Å². The Hall–Kier alpha value is -3.61. The van der Waals surface area contributed by atoms with Crippen molar-refractivity contribution >= 4 is 34.3 Å². The van der Waals surface area contributed by atoms with Crippen molar-refractivity contribution in [3.63, 3.8) is 0 Å². The third-order valence-electron chi connectivity index (χ3n) is 5.94. The average molecular weight is 463 g/mol. The van der Waals surface area contributed by atoms with E-state index in [0.29, 0.717) is 6.42 Å². The van der Waals surface area contributed by atoms with Gasteiger partial charge in [-0.2, -0.15) is 0 Å². The number of nitrogens with zero attached hydrogens (tertiary/aromatic N) is 1. The van der Waals surface area contributed by atoms with Gasteiger partial charge >= 0.3 is 0 Å². The van der Waals surface area contributed by atoms with Gasteiger partial charge in [0, 0.05) is 42.2 Å². The Morgan fingerprint density at radius 1 is 1.03 bits per heavy atom. The van der Waals surface area contributed by atoms with Gasteiger partial charge in [-0.1, -0.05) is 49.7 Å². The molecule has 3 N–H and O–H groups in total. The lowest BCUT2D eigenvalue weighted by atomic mass is 10.0. The second-order valence-electron chi connectivity index (χ2n) is 9.30. The fraction of sp³-hybridized carbons (Fsp3) is 0.370. The van der Waals surface area contributed by atoms with Gasteiger partial charge in [0.15, 0.2) is 0 Å². The predicted molar refractivity (Wildman–Crippen MR) is 136 cm³/mol. The maximum Gasteiger partial charge on any atom is 0.245 e. The van der Waals surface area contributed by atoms with Crippen LogP contribution in [0.15, 0.2) is 42.6 Å². The minimum Gasteiger partial charge on any atom is -0.361 e. The fourth-order valence-corrected chi connectivity index (χ4v) is 4.17. The number of aryl methyl sites for hydroxylation is 3. The van der Waals surface area contributed by atoms with Crippen molar-refractivity contribution in [1.29, 1.82) is 0 Å². The molecule has 1 atom stereocenters. The first-order chi connectivity index (χ1) is 16.1. The highest BCUT2D eigenvalue weighted by Crippen LogP contribution is 2.22. The molecule has 1 unspecified atom stereocenters. The Balaban J connectivity index is 1.75. The Kier molecular flexibility index (Phi) is 7.76. The maximum atomic E-state index is 13.4. The van der Waals surface area contributed by atoms with Crippen molar-refractivity contribution in [1.82, 2.24) is 15.2 Å². The lowest BCUT2D eigenvalue weighted by Gasteiger charge is -2.25. The van der Waals surface area contributed by atoms with Gasteiger partial charge in [0.2, 0.25) is 17.7 Å². The third kappa shape index (κ3) is 5.84. The van der Waals surface area contributed by atoms with Crippen molar-refractivity contribution in [2.75, 3.05) is 18.9 Å². The molecule has 0 saturated heterocycles. The van der Waals surface area contributed by atoms with Gasteiger partial charge in [0.1, 0.15) is 6.04 Å². The van der Waals surface area contributed by atoms with Gasteiger partial charge in [-0.3, -0.25) is 14.4 Å². The summed E-state index contributed by atoms with van der Waals surface area (Å²) in [5.41, 5.74) is 5.74. The maximum absolute atomic E-state index is 13.4. The number of hydrogen-bond donors (Lipinski definition) is 3. The number of amides is 3. The first kappa shape index (κ1) is 25.0. The van der Waals surface area contributed by atoms with E-state index in [1.807, 2.05) is 63.4 Å². The molecular formula is C27H34N4O3. The summed E-state index contributed by atoms with van der Waals surface area (Å²) >= 11 is 0. The number of para-hydroxylation sites is 1. The molecule has 34 heavy (non-hydrogen) atoms. The molecule has 2 aromatic carbocycles. The van der Waals surface area contributed by atoms with Crippen molar-refractivity contribution in [2.45, 2.75) is 47.1 Å². The number of nitrogens with one attached hydrogen (secondary N) is 3. The van der Waals surface area contributed by atoms with Crippen molar-refractivity contribution < 1.29 is 14.4 Å². The van der Waals surface area contributed by atoms with E-state index in [1.165, 1.54) is 4.90 Å². The van der Waals surface area contributed by atoms with Gasteiger partial charge in [-0.25, -0.2) is 0 Å². The molecule has 0 aliphatic rings. The highest BCUT2D eigenvalue weighted by Gasteiger charge is 2.27. The highest BCUT2D eigenvalue weighted by atomic mass is 16.2. The predicted octanol–water partition coefficient (Wildman–Crippen LogP) is 3.87. The van der Waals surface area contributed by atoms with Gasteiger partial charge in [0.25, 0.3) is 0 Å². The topological polar surface area (TPSA) is 94.3 Å². The number of rotatable bonds is 8. The van der Waals surface area contributed by atoms with Crippen LogP contribution in [0, 0.1) is 26.7 Å². The molecule has 7 heteroatoms. The normalized spacial score (nSPS) is 12.0. The Morgan fingerprint density at radius 2 is 1.68 bits per heavy atom. The second kappa shape index (κ2) is 10.5. The van der Waals surface area contributed by atoms with Crippen LogP contribution in [0.2, 0.25) is 0 Å². The van der Waals surface area contributed by atoms with Crippen LogP contribution in [-0.2, 0) is 20.8 Å². The first-order valence-corrected chi connectivity index (χ1v) is 11.5. The fourth-order valence-electron chi connectivity index (χ4n) is 4.17. The van der Waals surface area contributed by atoms with E-state index in [9.17, 15) is 14.4 Å². The van der Waals surface area contributed by atoms with Crippen LogP contribution in [0.25, 0.3) is 10.9 Å². The Bertz CT molecular complexity index is 1190. The summed E-state index contributed by atoms with van der Waals surface area (Å²) in [6, 6.07) is 11.1. The number of carbonyl (C=O) groups is 3. The molecule has 0 fully saturated rings. The van der Waals surface area contributed by atoms with Crippen molar-refractivity contribution in [2.24, 2.45) is 5.92 Å². The summed E-state index contributed by atoms with van der Waals surface area (Å²) in [5.74, 6) is -1.07. The molecule has 3 amide bonds. The van der Waals surface area contributed by atoms with Gasteiger partial charge in [-0.15, -0.1) is 0 Å². The lowest BCUT2D eigenvalue weighted by molar-refractivity contribution is -0.137.